The maximum Gasteiger partial charge on any atom is 0.192 e. The Bertz CT molecular complexity index is 199. The number of hydrogen-bond acceptors (Lipinski definition) is 1. The summed E-state index contributed by atoms with van der Waals surface area (Å²) in [5.41, 5.74) is 1.41. The maximum atomic E-state index is 6.11. The van der Waals surface area contributed by atoms with E-state index in [0.29, 0.717) is 5.04 Å². The van der Waals surface area contributed by atoms with E-state index in [4.69, 9.17) is 4.43 Å². The van der Waals surface area contributed by atoms with Gasteiger partial charge in [0.1, 0.15) is 0 Å². The Balaban J connectivity index is 4.26. The summed E-state index contributed by atoms with van der Waals surface area (Å²) in [5, 5.41) is 0.319. The van der Waals surface area contributed by atoms with E-state index in [-0.39, 0.29) is 0 Å². The Morgan fingerprint density at radius 2 is 1.79 bits per heavy atom. The lowest BCUT2D eigenvalue weighted by atomic mass is 10.2. The number of allylic oxidation sites excluding steroid dienone is 1. The topological polar surface area (TPSA) is 9.23 Å². The minimum absolute atomic E-state index is 0.319. The van der Waals surface area contributed by atoms with Gasteiger partial charge in [0.15, 0.2) is 8.32 Å². The molecule has 0 aliphatic rings. The molecule has 0 bridgehead atoms. The fourth-order valence-corrected chi connectivity index (χ4v) is 1.86. The van der Waals surface area contributed by atoms with Gasteiger partial charge in [-0.1, -0.05) is 39.3 Å². The van der Waals surface area contributed by atoms with Crippen LogP contribution < -0.4 is 0 Å². The summed E-state index contributed by atoms with van der Waals surface area (Å²) in [6, 6.07) is 0. The van der Waals surface area contributed by atoms with Crippen LogP contribution in [0.15, 0.2) is 11.6 Å². The molecule has 0 aromatic carbocycles. The van der Waals surface area contributed by atoms with E-state index >= 15 is 0 Å². The second-order valence-corrected chi connectivity index (χ2v) is 10.2. The Hall–Kier alpha value is -0.0831. The Labute approximate surface area is 90.7 Å². The van der Waals surface area contributed by atoms with Crippen LogP contribution >= 0.6 is 0 Å². The molecule has 0 unspecified atom stereocenters. The summed E-state index contributed by atoms with van der Waals surface area (Å²) < 4.78 is 6.11. The minimum Gasteiger partial charge on any atom is -0.413 e. The van der Waals surface area contributed by atoms with Crippen molar-refractivity contribution in [3.05, 3.63) is 11.6 Å². The van der Waals surface area contributed by atoms with Gasteiger partial charge in [0.2, 0.25) is 0 Å². The van der Waals surface area contributed by atoms with Crippen molar-refractivity contribution in [1.82, 2.24) is 0 Å². The van der Waals surface area contributed by atoms with Gasteiger partial charge in [0.25, 0.3) is 0 Å². The monoisotopic (exact) mass is 214 g/mol. The first-order chi connectivity index (χ1) is 6.24. The summed E-state index contributed by atoms with van der Waals surface area (Å²) in [6.45, 7) is 16.5. The van der Waals surface area contributed by atoms with E-state index in [0.717, 1.165) is 13.0 Å². The molecule has 14 heavy (non-hydrogen) atoms. The summed E-state index contributed by atoms with van der Waals surface area (Å²) in [5.74, 6) is 0. The average Bonchev–Trinajstić information content (AvgIpc) is 2.04. The SMILES string of the molecule is CC=C(CC)CO[Si](C)(C)C(C)(C)C. The van der Waals surface area contributed by atoms with E-state index in [1.54, 1.807) is 0 Å². The molecule has 0 atom stereocenters. The number of rotatable bonds is 4. The quantitative estimate of drug-likeness (QED) is 0.499. The molecule has 1 nitrogen and oxygen atoms in total. The largest absolute Gasteiger partial charge is 0.413 e. The first-order valence-electron chi connectivity index (χ1n) is 5.52. The first kappa shape index (κ1) is 13.9. The van der Waals surface area contributed by atoms with Gasteiger partial charge in [-0.2, -0.15) is 0 Å². The van der Waals surface area contributed by atoms with Crippen LogP contribution in [0.3, 0.4) is 0 Å². The van der Waals surface area contributed by atoms with Gasteiger partial charge < -0.3 is 4.43 Å². The zero-order valence-corrected chi connectivity index (χ0v) is 11.9. The van der Waals surface area contributed by atoms with Crippen molar-refractivity contribution in [2.75, 3.05) is 6.61 Å². The van der Waals surface area contributed by atoms with Crippen molar-refractivity contribution in [3.63, 3.8) is 0 Å². The molecule has 0 saturated carbocycles. The van der Waals surface area contributed by atoms with Crippen LogP contribution in [0.1, 0.15) is 41.0 Å². The molecule has 0 saturated heterocycles. The van der Waals surface area contributed by atoms with Gasteiger partial charge in [-0.3, -0.25) is 0 Å². The molecule has 0 radical (unpaired) electrons. The van der Waals surface area contributed by atoms with Crippen LogP contribution in [0.25, 0.3) is 0 Å². The van der Waals surface area contributed by atoms with E-state index in [1.807, 2.05) is 0 Å². The zero-order chi connectivity index (χ0) is 11.4. The van der Waals surface area contributed by atoms with Gasteiger partial charge in [0.05, 0.1) is 6.61 Å². The van der Waals surface area contributed by atoms with Crippen LogP contribution in [-0.4, -0.2) is 14.9 Å². The van der Waals surface area contributed by atoms with Crippen molar-refractivity contribution in [2.45, 2.75) is 59.2 Å². The van der Waals surface area contributed by atoms with Gasteiger partial charge in [0, 0.05) is 0 Å². The molecule has 0 N–H and O–H groups in total. The summed E-state index contributed by atoms with van der Waals surface area (Å²) in [4.78, 5) is 0. The molecule has 0 aliphatic carbocycles. The van der Waals surface area contributed by atoms with Crippen LogP contribution in [0.5, 0.6) is 0 Å². The molecular weight excluding hydrogens is 188 g/mol. The third kappa shape index (κ3) is 3.97. The fourth-order valence-electron chi connectivity index (χ4n) is 0.879. The van der Waals surface area contributed by atoms with E-state index in [9.17, 15) is 0 Å². The van der Waals surface area contributed by atoms with Gasteiger partial charge >= 0.3 is 0 Å². The maximum absolute atomic E-state index is 6.11. The molecule has 0 fully saturated rings. The summed E-state index contributed by atoms with van der Waals surface area (Å²) in [6.07, 6.45) is 3.28. The lowest BCUT2D eigenvalue weighted by molar-refractivity contribution is 0.315. The number of hydrogen-bond donors (Lipinski definition) is 0. The van der Waals surface area contributed by atoms with Crippen molar-refractivity contribution < 1.29 is 4.43 Å². The second kappa shape index (κ2) is 5.13. The van der Waals surface area contributed by atoms with Crippen LogP contribution in [-0.2, 0) is 4.43 Å². The van der Waals surface area contributed by atoms with Gasteiger partial charge in [-0.15, -0.1) is 0 Å². The normalized spacial score (nSPS) is 14.6. The molecule has 0 rings (SSSR count). The summed E-state index contributed by atoms with van der Waals surface area (Å²) >= 11 is 0. The third-order valence-electron chi connectivity index (χ3n) is 3.29. The Morgan fingerprint density at radius 1 is 1.29 bits per heavy atom. The van der Waals surface area contributed by atoms with Crippen molar-refractivity contribution in [2.24, 2.45) is 0 Å². The lowest BCUT2D eigenvalue weighted by Gasteiger charge is -2.36. The van der Waals surface area contributed by atoms with Gasteiger partial charge in [-0.05, 0) is 31.5 Å². The molecule has 0 aliphatic heterocycles. The first-order valence-corrected chi connectivity index (χ1v) is 8.43. The molecule has 0 heterocycles. The smallest absolute Gasteiger partial charge is 0.192 e. The highest BCUT2D eigenvalue weighted by Gasteiger charge is 2.36. The second-order valence-electron chi connectivity index (χ2n) is 5.35. The summed E-state index contributed by atoms with van der Waals surface area (Å²) in [7, 11) is -1.54. The minimum atomic E-state index is -1.54. The zero-order valence-electron chi connectivity index (χ0n) is 10.9. The molecule has 0 aromatic rings. The van der Waals surface area contributed by atoms with Crippen LogP contribution in [0.4, 0.5) is 0 Å². The molecule has 0 amide bonds. The van der Waals surface area contributed by atoms with E-state index < -0.39 is 8.32 Å². The third-order valence-corrected chi connectivity index (χ3v) is 7.77. The predicted octanol–water partition coefficient (Wildman–Crippen LogP) is 4.36. The van der Waals surface area contributed by atoms with Crippen molar-refractivity contribution >= 4 is 8.32 Å². The highest BCUT2D eigenvalue weighted by molar-refractivity contribution is 6.74. The molecule has 84 valence electrons. The van der Waals surface area contributed by atoms with Gasteiger partial charge in [-0.25, -0.2) is 0 Å². The lowest BCUT2D eigenvalue weighted by Crippen LogP contribution is -2.41. The highest BCUT2D eigenvalue weighted by atomic mass is 28.4. The fraction of sp³-hybridized carbons (Fsp3) is 0.833. The highest BCUT2D eigenvalue weighted by Crippen LogP contribution is 2.36. The van der Waals surface area contributed by atoms with Crippen LogP contribution in [0, 0.1) is 0 Å². The standard InChI is InChI=1S/C12H26OSi/c1-8-11(9-2)10-13-14(6,7)12(3,4)5/h8H,9-10H2,1-7H3. The average molecular weight is 214 g/mol. The van der Waals surface area contributed by atoms with Crippen molar-refractivity contribution in [3.8, 4) is 0 Å². The molecule has 0 spiro atoms. The van der Waals surface area contributed by atoms with Crippen LogP contribution in [0.2, 0.25) is 18.1 Å². The Kier molecular flexibility index (Phi) is 5.10. The van der Waals surface area contributed by atoms with E-state index in [1.165, 1.54) is 5.57 Å². The molecule has 0 aromatic heterocycles. The Morgan fingerprint density at radius 3 is 2.07 bits per heavy atom. The van der Waals surface area contributed by atoms with Crippen molar-refractivity contribution in [1.29, 1.82) is 0 Å². The predicted molar refractivity (Wildman–Crippen MR) is 67.2 cm³/mol. The molecule has 2 heteroatoms. The molecular formula is C12H26OSi. The van der Waals surface area contributed by atoms with E-state index in [2.05, 4.69) is 53.8 Å².